The van der Waals surface area contributed by atoms with Gasteiger partial charge >= 0.3 is 0 Å². The van der Waals surface area contributed by atoms with E-state index >= 15 is 0 Å². The lowest BCUT2D eigenvalue weighted by Gasteiger charge is -2.23. The van der Waals surface area contributed by atoms with Gasteiger partial charge in [-0.1, -0.05) is 11.8 Å². The van der Waals surface area contributed by atoms with Crippen LogP contribution in [0, 0.1) is 5.82 Å². The van der Waals surface area contributed by atoms with Crippen molar-refractivity contribution >= 4 is 54.9 Å². The van der Waals surface area contributed by atoms with Gasteiger partial charge in [-0.2, -0.15) is 4.31 Å². The van der Waals surface area contributed by atoms with Crippen molar-refractivity contribution in [2.45, 2.75) is 27.8 Å². The monoisotopic (exact) mass is 467 g/mol. The highest BCUT2D eigenvalue weighted by atomic mass is 32.2. The van der Waals surface area contributed by atoms with Crippen LogP contribution < -0.4 is 5.32 Å². The summed E-state index contributed by atoms with van der Waals surface area (Å²) in [5.74, 6) is -1.10. The van der Waals surface area contributed by atoms with Gasteiger partial charge in [-0.3, -0.25) is 4.79 Å². The third-order valence-corrected chi connectivity index (χ3v) is 8.66. The highest BCUT2D eigenvalue weighted by Gasteiger charge is 2.43. The molecule has 0 spiro atoms. The molecule has 2 atom stereocenters. The fourth-order valence-corrected chi connectivity index (χ4v) is 6.49. The number of hydrogen-bond donors (Lipinski definition) is 2. The first-order valence-corrected chi connectivity index (χ1v) is 12.5. The number of aromatic nitrogens is 1. The average molecular weight is 468 g/mol. The number of benzene rings is 2. The Morgan fingerprint density at radius 3 is 2.73 bits per heavy atom. The van der Waals surface area contributed by atoms with E-state index in [1.807, 2.05) is 6.26 Å². The van der Waals surface area contributed by atoms with Crippen LogP contribution in [-0.4, -0.2) is 53.7 Å². The SMILES string of the molecule is CSc1nc2ccc(NC(=O)[C@H]3C[C@@H](O)CN3S(=O)(=O)c3ccc(F)cc3)cc2s1. The van der Waals surface area contributed by atoms with Gasteiger partial charge in [0.1, 0.15) is 11.9 Å². The van der Waals surface area contributed by atoms with Gasteiger partial charge < -0.3 is 10.4 Å². The van der Waals surface area contributed by atoms with E-state index in [9.17, 15) is 22.7 Å². The average Bonchev–Trinajstić information content (AvgIpc) is 3.31. The van der Waals surface area contributed by atoms with Crippen LogP contribution in [0.15, 0.2) is 51.7 Å². The maximum Gasteiger partial charge on any atom is 0.243 e. The first-order valence-electron chi connectivity index (χ1n) is 8.99. The highest BCUT2D eigenvalue weighted by Crippen LogP contribution is 2.31. The van der Waals surface area contributed by atoms with Crippen LogP contribution in [0.1, 0.15) is 6.42 Å². The second kappa shape index (κ2) is 8.23. The molecule has 0 radical (unpaired) electrons. The zero-order valence-electron chi connectivity index (χ0n) is 15.8. The van der Waals surface area contributed by atoms with Crippen molar-refractivity contribution in [2.24, 2.45) is 0 Å². The summed E-state index contributed by atoms with van der Waals surface area (Å²) in [5, 5.41) is 12.8. The van der Waals surface area contributed by atoms with E-state index in [4.69, 9.17) is 0 Å². The van der Waals surface area contributed by atoms with Gasteiger partial charge in [-0.05, 0) is 48.7 Å². The third-order valence-electron chi connectivity index (χ3n) is 4.77. The number of anilines is 1. The second-order valence-corrected chi connectivity index (χ2v) is 10.8. The molecule has 0 saturated carbocycles. The van der Waals surface area contributed by atoms with E-state index in [-0.39, 0.29) is 17.9 Å². The summed E-state index contributed by atoms with van der Waals surface area (Å²) in [5.41, 5.74) is 1.34. The summed E-state index contributed by atoms with van der Waals surface area (Å²) in [6.07, 6.45) is 0.942. The molecule has 0 bridgehead atoms. The summed E-state index contributed by atoms with van der Waals surface area (Å²) < 4.78 is 41.9. The Labute approximate surface area is 181 Å². The molecule has 1 aromatic heterocycles. The molecule has 30 heavy (non-hydrogen) atoms. The summed E-state index contributed by atoms with van der Waals surface area (Å²) in [4.78, 5) is 17.2. The van der Waals surface area contributed by atoms with Crippen molar-refractivity contribution < 1.29 is 22.7 Å². The van der Waals surface area contributed by atoms with Crippen molar-refractivity contribution in [3.05, 3.63) is 48.3 Å². The van der Waals surface area contributed by atoms with Crippen molar-refractivity contribution in [1.82, 2.24) is 9.29 Å². The largest absolute Gasteiger partial charge is 0.392 e. The van der Waals surface area contributed by atoms with Crippen LogP contribution in [0.5, 0.6) is 0 Å². The fraction of sp³-hybridized carbons (Fsp3) is 0.263. The number of thiazole rings is 1. The van der Waals surface area contributed by atoms with Crippen molar-refractivity contribution in [3.8, 4) is 0 Å². The lowest BCUT2D eigenvalue weighted by atomic mass is 10.2. The minimum atomic E-state index is -4.07. The second-order valence-electron chi connectivity index (χ2n) is 6.79. The molecule has 2 N–H and O–H groups in total. The maximum atomic E-state index is 13.2. The number of thioether (sulfide) groups is 1. The number of sulfonamides is 1. The molecule has 11 heteroatoms. The summed E-state index contributed by atoms with van der Waals surface area (Å²) in [6.45, 7) is -0.206. The molecular weight excluding hydrogens is 449 g/mol. The van der Waals surface area contributed by atoms with Crippen LogP contribution in [0.3, 0.4) is 0 Å². The molecule has 2 heterocycles. The number of fused-ring (bicyclic) bond motifs is 1. The van der Waals surface area contributed by atoms with E-state index in [1.165, 1.54) is 23.1 Å². The molecule has 0 aliphatic carbocycles. The molecule has 1 aliphatic rings. The molecule has 3 aromatic rings. The molecular formula is C19H18FN3O4S3. The number of nitrogens with zero attached hydrogens (tertiary/aromatic N) is 2. The maximum absolute atomic E-state index is 13.2. The van der Waals surface area contributed by atoms with Crippen molar-refractivity contribution in [2.75, 3.05) is 18.1 Å². The molecule has 7 nitrogen and oxygen atoms in total. The standard InChI is InChI=1S/C19H18FN3O4S3/c1-28-19-22-15-7-4-12(8-17(15)29-19)21-18(25)16-9-13(24)10-23(16)30(26,27)14-5-2-11(20)3-6-14/h2-8,13,16,24H,9-10H2,1H3,(H,21,25)/t13-,16-/m1/s1. The Balaban J connectivity index is 1.58. The van der Waals surface area contributed by atoms with Gasteiger partial charge in [-0.25, -0.2) is 17.8 Å². The van der Waals surface area contributed by atoms with Crippen LogP contribution >= 0.6 is 23.1 Å². The van der Waals surface area contributed by atoms with Crippen LogP contribution in [0.25, 0.3) is 10.2 Å². The Morgan fingerprint density at radius 1 is 1.30 bits per heavy atom. The van der Waals surface area contributed by atoms with Crippen molar-refractivity contribution in [3.63, 3.8) is 0 Å². The number of amides is 1. The third kappa shape index (κ3) is 4.08. The van der Waals surface area contributed by atoms with Gasteiger partial charge in [0, 0.05) is 18.7 Å². The van der Waals surface area contributed by atoms with Crippen LogP contribution in [0.4, 0.5) is 10.1 Å². The Kier molecular flexibility index (Phi) is 5.82. The smallest absolute Gasteiger partial charge is 0.243 e. The van der Waals surface area contributed by atoms with E-state index < -0.39 is 33.9 Å². The van der Waals surface area contributed by atoms with Crippen LogP contribution in [0.2, 0.25) is 0 Å². The number of β-amino-alcohol motifs (C(OH)–C–C–N with tert-alkyl or cyclic N) is 1. The highest BCUT2D eigenvalue weighted by molar-refractivity contribution is 8.00. The Bertz CT molecular complexity index is 1200. The fourth-order valence-electron chi connectivity index (χ4n) is 3.32. The number of carbonyl (C=O) groups excluding carboxylic acids is 1. The van der Waals surface area contributed by atoms with E-state index in [0.717, 1.165) is 43.1 Å². The van der Waals surface area contributed by atoms with Crippen molar-refractivity contribution in [1.29, 1.82) is 0 Å². The lowest BCUT2D eigenvalue weighted by molar-refractivity contribution is -0.119. The Morgan fingerprint density at radius 2 is 2.03 bits per heavy atom. The minimum absolute atomic E-state index is 0.0221. The Hall–Kier alpha value is -2.05. The topological polar surface area (TPSA) is 99.6 Å². The molecule has 1 saturated heterocycles. The number of hydrogen-bond acceptors (Lipinski definition) is 7. The number of nitrogens with one attached hydrogen (secondary N) is 1. The van der Waals surface area contributed by atoms with Gasteiger partial charge in [0.15, 0.2) is 4.34 Å². The molecule has 158 valence electrons. The van der Waals surface area contributed by atoms with Gasteiger partial charge in [0.2, 0.25) is 15.9 Å². The number of rotatable bonds is 5. The zero-order chi connectivity index (χ0) is 21.5. The molecule has 1 aliphatic heterocycles. The van der Waals surface area contributed by atoms with E-state index in [0.29, 0.717) is 5.69 Å². The normalized spacial score (nSPS) is 20.0. The summed E-state index contributed by atoms with van der Waals surface area (Å²) in [6, 6.07) is 8.58. The zero-order valence-corrected chi connectivity index (χ0v) is 18.2. The minimum Gasteiger partial charge on any atom is -0.392 e. The van der Waals surface area contributed by atoms with E-state index in [1.54, 1.807) is 18.2 Å². The van der Waals surface area contributed by atoms with E-state index in [2.05, 4.69) is 10.3 Å². The lowest BCUT2D eigenvalue weighted by Crippen LogP contribution is -2.43. The quantitative estimate of drug-likeness (QED) is 0.560. The summed E-state index contributed by atoms with van der Waals surface area (Å²) in [7, 11) is -4.07. The molecule has 1 fully saturated rings. The van der Waals surface area contributed by atoms with Crippen LogP contribution in [-0.2, 0) is 14.8 Å². The number of halogens is 1. The molecule has 4 rings (SSSR count). The molecule has 1 amide bonds. The van der Waals surface area contributed by atoms with Gasteiger partial charge in [0.25, 0.3) is 0 Å². The first-order chi connectivity index (χ1) is 14.3. The predicted molar refractivity (Wildman–Crippen MR) is 115 cm³/mol. The first kappa shape index (κ1) is 21.2. The molecule has 0 unspecified atom stereocenters. The number of aliphatic hydroxyl groups excluding tert-OH is 1. The predicted octanol–water partition coefficient (Wildman–Crippen LogP) is 2.92. The van der Waals surface area contributed by atoms with Gasteiger partial charge in [-0.15, -0.1) is 11.3 Å². The van der Waals surface area contributed by atoms with Gasteiger partial charge in [0.05, 0.1) is 21.2 Å². The number of carbonyl (C=O) groups is 1. The number of aliphatic hydroxyl groups is 1. The summed E-state index contributed by atoms with van der Waals surface area (Å²) >= 11 is 3.03. The molecule has 2 aromatic carbocycles.